The molecular weight excluding hydrogens is 345 g/mol. The summed E-state index contributed by atoms with van der Waals surface area (Å²) in [7, 11) is 0. The minimum absolute atomic E-state index is 0.0430. The van der Waals surface area contributed by atoms with Crippen molar-refractivity contribution in [2.75, 3.05) is 0 Å². The number of fused-ring (bicyclic) bond motifs is 1. The fourth-order valence-corrected chi connectivity index (χ4v) is 3.41. The number of aromatic nitrogens is 2. The number of carbonyl (C=O) groups excluding carboxylic acids is 1. The van der Waals surface area contributed by atoms with Gasteiger partial charge in [-0.2, -0.15) is 0 Å². The molecule has 0 saturated heterocycles. The van der Waals surface area contributed by atoms with Gasteiger partial charge in [0.05, 0.1) is 22.6 Å². The van der Waals surface area contributed by atoms with Crippen molar-refractivity contribution in [2.24, 2.45) is 0 Å². The van der Waals surface area contributed by atoms with E-state index in [4.69, 9.17) is 23.2 Å². The van der Waals surface area contributed by atoms with Gasteiger partial charge in [-0.3, -0.25) is 4.79 Å². The number of imidazole rings is 1. The molecule has 0 radical (unpaired) electrons. The van der Waals surface area contributed by atoms with E-state index in [2.05, 4.69) is 9.97 Å². The molecule has 0 bridgehead atoms. The quantitative estimate of drug-likeness (QED) is 0.747. The van der Waals surface area contributed by atoms with Crippen LogP contribution in [0.25, 0.3) is 11.3 Å². The van der Waals surface area contributed by atoms with E-state index in [0.29, 0.717) is 28.7 Å². The Morgan fingerprint density at radius 2 is 1.96 bits per heavy atom. The molecule has 6 heteroatoms. The van der Waals surface area contributed by atoms with Crippen LogP contribution in [0.1, 0.15) is 21.5 Å². The van der Waals surface area contributed by atoms with Crippen molar-refractivity contribution in [1.82, 2.24) is 14.9 Å². The van der Waals surface area contributed by atoms with E-state index in [9.17, 15) is 4.79 Å². The summed E-state index contributed by atoms with van der Waals surface area (Å²) in [5.41, 5.74) is 4.26. The lowest BCUT2D eigenvalue weighted by Crippen LogP contribution is -2.23. The molecule has 1 aliphatic rings. The van der Waals surface area contributed by atoms with E-state index in [1.165, 1.54) is 0 Å². The van der Waals surface area contributed by atoms with Crippen LogP contribution in [0.5, 0.6) is 0 Å². The van der Waals surface area contributed by atoms with Gasteiger partial charge in [0.25, 0.3) is 5.91 Å². The summed E-state index contributed by atoms with van der Waals surface area (Å²) in [6.07, 6.45) is 3.43. The van der Waals surface area contributed by atoms with Crippen LogP contribution in [0, 0.1) is 0 Å². The minimum Gasteiger partial charge on any atom is -0.351 e. The van der Waals surface area contributed by atoms with Crippen LogP contribution in [-0.4, -0.2) is 20.8 Å². The van der Waals surface area contributed by atoms with E-state index >= 15 is 0 Å². The fourth-order valence-electron chi connectivity index (χ4n) is 2.97. The second-order valence-electron chi connectivity index (χ2n) is 5.73. The Balaban J connectivity index is 1.64. The molecule has 0 aliphatic carbocycles. The molecule has 0 atom stereocenters. The summed E-state index contributed by atoms with van der Waals surface area (Å²) in [6.45, 7) is 1.06. The van der Waals surface area contributed by atoms with Crippen LogP contribution in [-0.2, 0) is 13.1 Å². The van der Waals surface area contributed by atoms with E-state index in [1.54, 1.807) is 23.5 Å². The third-order valence-corrected chi connectivity index (χ3v) is 4.66. The zero-order valence-corrected chi connectivity index (χ0v) is 14.1. The largest absolute Gasteiger partial charge is 0.351 e. The molecule has 120 valence electrons. The number of aromatic amines is 1. The molecule has 2 heterocycles. The number of rotatable bonds is 3. The molecule has 0 unspecified atom stereocenters. The molecule has 3 aromatic rings. The van der Waals surface area contributed by atoms with Crippen LogP contribution in [0.2, 0.25) is 10.0 Å². The Morgan fingerprint density at radius 3 is 2.67 bits per heavy atom. The Bertz CT molecular complexity index is 905. The van der Waals surface area contributed by atoms with E-state index in [0.717, 1.165) is 22.4 Å². The number of hydrogen-bond donors (Lipinski definition) is 1. The minimum atomic E-state index is -0.0430. The highest BCUT2D eigenvalue weighted by Gasteiger charge is 2.30. The van der Waals surface area contributed by atoms with Gasteiger partial charge >= 0.3 is 0 Å². The summed E-state index contributed by atoms with van der Waals surface area (Å²) in [4.78, 5) is 21.6. The molecule has 0 fully saturated rings. The maximum atomic E-state index is 12.7. The van der Waals surface area contributed by atoms with Gasteiger partial charge in [-0.25, -0.2) is 4.98 Å². The van der Waals surface area contributed by atoms with Gasteiger partial charge in [0, 0.05) is 29.9 Å². The van der Waals surface area contributed by atoms with Gasteiger partial charge in [0.15, 0.2) is 0 Å². The molecule has 1 aliphatic heterocycles. The molecule has 0 spiro atoms. The Hall–Kier alpha value is -2.30. The monoisotopic (exact) mass is 357 g/mol. The fraction of sp³-hybridized carbons (Fsp3) is 0.111. The second-order valence-corrected chi connectivity index (χ2v) is 6.58. The first-order valence-electron chi connectivity index (χ1n) is 7.47. The number of H-pyrrole nitrogens is 1. The molecule has 2 aromatic carbocycles. The zero-order valence-electron chi connectivity index (χ0n) is 12.6. The van der Waals surface area contributed by atoms with Crippen LogP contribution < -0.4 is 0 Å². The molecule has 0 saturated carbocycles. The normalized spacial score (nSPS) is 13.4. The SMILES string of the molecule is O=C1c2c(Cl)cc(-c3c[nH]cn3)cc2CN1Cc1ccc(Cl)cc1. The number of carbonyl (C=O) groups is 1. The van der Waals surface area contributed by atoms with Crippen molar-refractivity contribution < 1.29 is 4.79 Å². The number of nitrogens with zero attached hydrogens (tertiary/aromatic N) is 2. The first-order chi connectivity index (χ1) is 11.6. The molecule has 4 nitrogen and oxygen atoms in total. The molecule has 1 N–H and O–H groups in total. The summed E-state index contributed by atoms with van der Waals surface area (Å²) < 4.78 is 0. The summed E-state index contributed by atoms with van der Waals surface area (Å²) in [5, 5.41) is 1.15. The molecule has 1 aromatic heterocycles. The lowest BCUT2D eigenvalue weighted by Gasteiger charge is -2.15. The first-order valence-corrected chi connectivity index (χ1v) is 8.23. The van der Waals surface area contributed by atoms with Crippen molar-refractivity contribution in [3.05, 3.63) is 75.7 Å². The summed E-state index contributed by atoms with van der Waals surface area (Å²) in [5.74, 6) is -0.0430. The van der Waals surface area contributed by atoms with Crippen molar-refractivity contribution in [3.63, 3.8) is 0 Å². The van der Waals surface area contributed by atoms with Crippen molar-refractivity contribution in [3.8, 4) is 11.3 Å². The van der Waals surface area contributed by atoms with Crippen LogP contribution in [0.3, 0.4) is 0 Å². The van der Waals surface area contributed by atoms with Crippen molar-refractivity contribution >= 4 is 29.1 Å². The van der Waals surface area contributed by atoms with Gasteiger partial charge in [0.1, 0.15) is 0 Å². The van der Waals surface area contributed by atoms with E-state index < -0.39 is 0 Å². The Kier molecular flexibility index (Phi) is 3.79. The number of amides is 1. The maximum absolute atomic E-state index is 12.7. The number of nitrogens with one attached hydrogen (secondary N) is 1. The lowest BCUT2D eigenvalue weighted by molar-refractivity contribution is 0.0767. The molecule has 24 heavy (non-hydrogen) atoms. The van der Waals surface area contributed by atoms with Crippen LogP contribution >= 0.6 is 23.2 Å². The smallest absolute Gasteiger partial charge is 0.256 e. The predicted octanol–water partition coefficient (Wildman–Crippen LogP) is 4.54. The predicted molar refractivity (Wildman–Crippen MR) is 94.1 cm³/mol. The van der Waals surface area contributed by atoms with Gasteiger partial charge in [-0.15, -0.1) is 0 Å². The summed E-state index contributed by atoms with van der Waals surface area (Å²) in [6, 6.07) is 11.3. The van der Waals surface area contributed by atoms with Crippen LogP contribution in [0.15, 0.2) is 48.9 Å². The highest BCUT2D eigenvalue weighted by Crippen LogP contribution is 2.34. The van der Waals surface area contributed by atoms with Gasteiger partial charge in [0.2, 0.25) is 0 Å². The Labute approximate surface area is 149 Å². The Morgan fingerprint density at radius 1 is 1.17 bits per heavy atom. The molecule has 1 amide bonds. The average molecular weight is 358 g/mol. The highest BCUT2D eigenvalue weighted by atomic mass is 35.5. The first kappa shape index (κ1) is 15.2. The van der Waals surface area contributed by atoms with Gasteiger partial charge in [-0.05, 0) is 35.4 Å². The zero-order chi connectivity index (χ0) is 16.7. The van der Waals surface area contributed by atoms with Gasteiger partial charge in [-0.1, -0.05) is 35.3 Å². The van der Waals surface area contributed by atoms with Crippen molar-refractivity contribution in [1.29, 1.82) is 0 Å². The average Bonchev–Trinajstić information content (AvgIpc) is 3.19. The van der Waals surface area contributed by atoms with Crippen molar-refractivity contribution in [2.45, 2.75) is 13.1 Å². The third kappa shape index (κ3) is 2.68. The lowest BCUT2D eigenvalue weighted by atomic mass is 10.0. The van der Waals surface area contributed by atoms with Crippen LogP contribution in [0.4, 0.5) is 0 Å². The number of hydrogen-bond acceptors (Lipinski definition) is 2. The molecular formula is C18H13Cl2N3O. The topological polar surface area (TPSA) is 49.0 Å². The standard InChI is InChI=1S/C18H13Cl2N3O/c19-14-3-1-11(2-4-14)8-23-9-13-5-12(16-7-21-10-22-16)6-15(20)17(13)18(23)24/h1-7,10H,8-9H2,(H,21,22). The third-order valence-electron chi connectivity index (χ3n) is 4.11. The summed E-state index contributed by atoms with van der Waals surface area (Å²) >= 11 is 12.3. The molecule has 4 rings (SSSR count). The number of halogens is 2. The van der Waals surface area contributed by atoms with Gasteiger partial charge < -0.3 is 9.88 Å². The second kappa shape index (κ2) is 5.96. The number of benzene rings is 2. The maximum Gasteiger partial charge on any atom is 0.256 e. The van der Waals surface area contributed by atoms with E-state index in [-0.39, 0.29) is 5.91 Å². The highest BCUT2D eigenvalue weighted by molar-refractivity contribution is 6.34. The van der Waals surface area contributed by atoms with E-state index in [1.807, 2.05) is 30.3 Å².